The first-order valence-corrected chi connectivity index (χ1v) is 9.01. The van der Waals surface area contributed by atoms with Crippen molar-refractivity contribution in [2.75, 3.05) is 0 Å². The summed E-state index contributed by atoms with van der Waals surface area (Å²) in [6.45, 7) is 0. The van der Waals surface area contributed by atoms with Gasteiger partial charge in [0.05, 0.1) is 17.8 Å². The molecule has 2 bridgehead atoms. The maximum Gasteiger partial charge on any atom is 0.0650 e. The van der Waals surface area contributed by atoms with Crippen molar-refractivity contribution >= 4 is 0 Å². The fourth-order valence-electron chi connectivity index (χ4n) is 5.17. The molecule has 21 heavy (non-hydrogen) atoms. The highest BCUT2D eigenvalue weighted by Crippen LogP contribution is 2.49. The molecule has 116 valence electrons. The highest BCUT2D eigenvalue weighted by molar-refractivity contribution is 5.04. The Morgan fingerprint density at radius 3 is 2.71 bits per heavy atom. The third-order valence-electron chi connectivity index (χ3n) is 6.32. The SMILES string of the molecule is OC(Cc1ccn(C2CCCCC2)n1)C1CC2CCC1C2. The van der Waals surface area contributed by atoms with E-state index >= 15 is 0 Å². The minimum atomic E-state index is -0.171. The molecule has 0 spiro atoms. The second-order valence-electron chi connectivity index (χ2n) is 7.69. The van der Waals surface area contributed by atoms with E-state index in [4.69, 9.17) is 5.10 Å². The summed E-state index contributed by atoms with van der Waals surface area (Å²) in [7, 11) is 0. The maximum atomic E-state index is 10.6. The summed E-state index contributed by atoms with van der Waals surface area (Å²) in [6.07, 6.45) is 14.7. The molecule has 4 rings (SSSR count). The van der Waals surface area contributed by atoms with E-state index < -0.39 is 0 Å². The summed E-state index contributed by atoms with van der Waals surface area (Å²) >= 11 is 0. The van der Waals surface area contributed by atoms with Crippen molar-refractivity contribution in [1.82, 2.24) is 9.78 Å². The molecule has 3 nitrogen and oxygen atoms in total. The number of aliphatic hydroxyl groups excluding tert-OH is 1. The van der Waals surface area contributed by atoms with Crippen LogP contribution in [0, 0.1) is 17.8 Å². The monoisotopic (exact) mass is 288 g/mol. The van der Waals surface area contributed by atoms with Crippen LogP contribution in [0.15, 0.2) is 12.3 Å². The lowest BCUT2D eigenvalue weighted by Crippen LogP contribution is -2.27. The molecule has 4 unspecified atom stereocenters. The van der Waals surface area contributed by atoms with Crippen LogP contribution in [0.5, 0.6) is 0 Å². The molecule has 0 saturated heterocycles. The Hall–Kier alpha value is -0.830. The molecule has 3 saturated carbocycles. The van der Waals surface area contributed by atoms with E-state index in [1.807, 2.05) is 0 Å². The maximum absolute atomic E-state index is 10.6. The van der Waals surface area contributed by atoms with E-state index in [9.17, 15) is 5.11 Å². The Bertz CT molecular complexity index is 477. The quantitative estimate of drug-likeness (QED) is 0.916. The van der Waals surface area contributed by atoms with Gasteiger partial charge in [0, 0.05) is 12.6 Å². The first-order chi connectivity index (χ1) is 10.3. The van der Waals surface area contributed by atoms with E-state index in [1.54, 1.807) is 0 Å². The highest BCUT2D eigenvalue weighted by atomic mass is 16.3. The summed E-state index contributed by atoms with van der Waals surface area (Å²) in [5.41, 5.74) is 1.09. The Kier molecular flexibility index (Phi) is 3.78. The molecule has 0 aromatic carbocycles. The number of aliphatic hydroxyl groups is 1. The number of nitrogens with zero attached hydrogens (tertiary/aromatic N) is 2. The largest absolute Gasteiger partial charge is 0.392 e. The molecular weight excluding hydrogens is 260 g/mol. The van der Waals surface area contributed by atoms with Crippen LogP contribution in [0.4, 0.5) is 0 Å². The molecular formula is C18H28N2O. The van der Waals surface area contributed by atoms with Gasteiger partial charge >= 0.3 is 0 Å². The van der Waals surface area contributed by atoms with E-state index in [-0.39, 0.29) is 6.10 Å². The van der Waals surface area contributed by atoms with Crippen LogP contribution in [0.25, 0.3) is 0 Å². The molecule has 0 radical (unpaired) electrons. The molecule has 1 aromatic heterocycles. The van der Waals surface area contributed by atoms with Crippen molar-refractivity contribution in [2.45, 2.75) is 76.4 Å². The van der Waals surface area contributed by atoms with Crippen LogP contribution in [0.2, 0.25) is 0 Å². The lowest BCUT2D eigenvalue weighted by atomic mass is 9.83. The fraction of sp³-hybridized carbons (Fsp3) is 0.833. The van der Waals surface area contributed by atoms with Gasteiger partial charge < -0.3 is 5.11 Å². The van der Waals surface area contributed by atoms with Crippen LogP contribution >= 0.6 is 0 Å². The van der Waals surface area contributed by atoms with E-state index in [0.29, 0.717) is 12.0 Å². The zero-order chi connectivity index (χ0) is 14.2. The topological polar surface area (TPSA) is 38.0 Å². The molecule has 3 fully saturated rings. The van der Waals surface area contributed by atoms with E-state index in [1.165, 1.54) is 57.8 Å². The summed E-state index contributed by atoms with van der Waals surface area (Å²) < 4.78 is 2.17. The molecule has 4 atom stereocenters. The number of aromatic nitrogens is 2. The van der Waals surface area contributed by atoms with E-state index in [2.05, 4.69) is 16.9 Å². The fourth-order valence-corrected chi connectivity index (χ4v) is 5.17. The van der Waals surface area contributed by atoms with Gasteiger partial charge in [0.1, 0.15) is 0 Å². The zero-order valence-corrected chi connectivity index (χ0v) is 13.0. The smallest absolute Gasteiger partial charge is 0.0650 e. The second-order valence-corrected chi connectivity index (χ2v) is 7.69. The molecule has 1 heterocycles. The third kappa shape index (κ3) is 2.77. The van der Waals surface area contributed by atoms with Gasteiger partial charge in [-0.1, -0.05) is 25.7 Å². The zero-order valence-electron chi connectivity index (χ0n) is 13.0. The van der Waals surface area contributed by atoms with Crippen LogP contribution in [-0.2, 0) is 6.42 Å². The minimum absolute atomic E-state index is 0.171. The highest BCUT2D eigenvalue weighted by Gasteiger charge is 2.42. The summed E-state index contributed by atoms with van der Waals surface area (Å²) in [4.78, 5) is 0. The molecule has 0 amide bonds. The number of hydrogen-bond donors (Lipinski definition) is 1. The summed E-state index contributed by atoms with van der Waals surface area (Å²) in [5.74, 6) is 2.25. The van der Waals surface area contributed by atoms with Crippen molar-refractivity contribution in [3.63, 3.8) is 0 Å². The number of fused-ring (bicyclic) bond motifs is 2. The average molecular weight is 288 g/mol. The Morgan fingerprint density at radius 1 is 1.14 bits per heavy atom. The van der Waals surface area contributed by atoms with Gasteiger partial charge in [-0.25, -0.2) is 0 Å². The lowest BCUT2D eigenvalue weighted by molar-refractivity contribution is 0.0740. The Morgan fingerprint density at radius 2 is 2.00 bits per heavy atom. The third-order valence-corrected chi connectivity index (χ3v) is 6.32. The van der Waals surface area contributed by atoms with Gasteiger partial charge in [-0.2, -0.15) is 5.10 Å². The molecule has 0 aliphatic heterocycles. The number of rotatable bonds is 4. The van der Waals surface area contributed by atoms with Crippen molar-refractivity contribution in [1.29, 1.82) is 0 Å². The normalized spacial score (nSPS) is 34.4. The summed E-state index contributed by atoms with van der Waals surface area (Å²) in [6, 6.07) is 2.73. The van der Waals surface area contributed by atoms with Crippen molar-refractivity contribution in [3.05, 3.63) is 18.0 Å². The van der Waals surface area contributed by atoms with Crippen LogP contribution in [0.1, 0.15) is 69.5 Å². The molecule has 3 aliphatic carbocycles. The van der Waals surface area contributed by atoms with Gasteiger partial charge in [0.25, 0.3) is 0 Å². The van der Waals surface area contributed by atoms with Gasteiger partial charge in [-0.3, -0.25) is 4.68 Å². The average Bonchev–Trinajstić information content (AvgIpc) is 3.24. The molecule has 1 aromatic rings. The van der Waals surface area contributed by atoms with Crippen molar-refractivity contribution in [3.8, 4) is 0 Å². The van der Waals surface area contributed by atoms with Crippen LogP contribution in [-0.4, -0.2) is 21.0 Å². The minimum Gasteiger partial charge on any atom is -0.392 e. The Balaban J connectivity index is 1.37. The second kappa shape index (κ2) is 5.75. The van der Waals surface area contributed by atoms with Gasteiger partial charge in [-0.05, 0) is 55.9 Å². The van der Waals surface area contributed by atoms with Gasteiger partial charge in [0.15, 0.2) is 0 Å². The lowest BCUT2D eigenvalue weighted by Gasteiger charge is -2.26. The summed E-state index contributed by atoms with van der Waals surface area (Å²) in [5, 5.41) is 15.4. The van der Waals surface area contributed by atoms with Crippen molar-refractivity contribution < 1.29 is 5.11 Å². The first kappa shape index (κ1) is 13.8. The van der Waals surface area contributed by atoms with Gasteiger partial charge in [-0.15, -0.1) is 0 Å². The van der Waals surface area contributed by atoms with Crippen molar-refractivity contribution in [2.24, 2.45) is 17.8 Å². The first-order valence-electron chi connectivity index (χ1n) is 9.01. The molecule has 1 N–H and O–H groups in total. The van der Waals surface area contributed by atoms with E-state index in [0.717, 1.165) is 24.0 Å². The van der Waals surface area contributed by atoms with Gasteiger partial charge in [0.2, 0.25) is 0 Å². The van der Waals surface area contributed by atoms with Crippen LogP contribution < -0.4 is 0 Å². The molecule has 3 aliphatic rings. The predicted octanol–water partition coefficient (Wildman–Crippen LogP) is 3.73. The predicted molar refractivity (Wildman–Crippen MR) is 83.0 cm³/mol. The standard InChI is InChI=1S/C18H28N2O/c21-18(17-11-13-6-7-14(17)10-13)12-15-8-9-20(19-15)16-4-2-1-3-5-16/h8-9,13-14,16-18,21H,1-7,10-12H2. The van der Waals surface area contributed by atoms with Crippen LogP contribution in [0.3, 0.4) is 0 Å². The Labute approximate surface area is 127 Å². The molecule has 3 heteroatoms. The number of hydrogen-bond acceptors (Lipinski definition) is 2.